The molecule has 0 saturated carbocycles. The first-order chi connectivity index (χ1) is 45.5. The van der Waals surface area contributed by atoms with Crippen LogP contribution in [0.25, 0.3) is 0 Å². The molecule has 3 aromatic carbocycles. The topological polar surface area (TPSA) is 519 Å². The number of hydrogen-bond acceptors (Lipinski definition) is 18. The van der Waals surface area contributed by atoms with Crippen molar-refractivity contribution in [2.24, 2.45) is 0 Å². The SMILES string of the molecule is CC1(C)C(/C=C/C2=C(Oc3ccc(C[C@H](NC(=O)C[C@H](NC(=O)CC[C@H](NC(=O)N[C@@H](CCC(=O)O)C(=O)O)C(=O)O)C(=O)O)C(=O)O)cc3)C(=C/C=C3/N(CCCCS(=O)(=O)O)c4ccc(S(=O)(=O)O)cc4C3(C)C)/CCC2)=[N+](CCCCS(=O)(=O)O)c2ccc(S(=O)(=O)O)cc21. The molecule has 32 nitrogen and oxygen atoms in total. The minimum atomic E-state index is -4.67. The van der Waals surface area contributed by atoms with Crippen LogP contribution in [0.15, 0.2) is 117 Å². The number of fused-ring (bicyclic) bond motifs is 2. The summed E-state index contributed by atoms with van der Waals surface area (Å²) < 4.78 is 144. The van der Waals surface area contributed by atoms with Crippen LogP contribution >= 0.6 is 0 Å². The average Bonchev–Trinajstić information content (AvgIpc) is 1.59. The Bertz CT molecular complexity index is 4270. The van der Waals surface area contributed by atoms with Gasteiger partial charge in [0.2, 0.25) is 17.5 Å². The smallest absolute Gasteiger partial charge is 0.326 e. The third-order valence-electron chi connectivity index (χ3n) is 16.5. The Balaban J connectivity index is 1.31. The summed E-state index contributed by atoms with van der Waals surface area (Å²) in [5.74, 6) is -10.8. The number of carbonyl (C=O) groups is 8. The van der Waals surface area contributed by atoms with Crippen LogP contribution in [0.4, 0.5) is 16.2 Å². The van der Waals surface area contributed by atoms with Gasteiger partial charge in [0, 0.05) is 66.7 Å². The van der Waals surface area contributed by atoms with E-state index in [-0.39, 0.29) is 54.3 Å². The predicted molar refractivity (Wildman–Crippen MR) is 348 cm³/mol. The highest BCUT2D eigenvalue weighted by Crippen LogP contribution is 2.49. The summed E-state index contributed by atoms with van der Waals surface area (Å²) in [6.45, 7) is 7.68. The highest BCUT2D eigenvalue weighted by Gasteiger charge is 2.46. The first-order valence-corrected chi connectivity index (χ1v) is 36.5. The molecule has 3 aromatic rings. The lowest BCUT2D eigenvalue weighted by atomic mass is 9.81. The van der Waals surface area contributed by atoms with Crippen LogP contribution in [0, 0.1) is 0 Å². The number of amides is 4. The zero-order chi connectivity index (χ0) is 73.0. The van der Waals surface area contributed by atoms with Crippen molar-refractivity contribution in [3.8, 4) is 5.75 Å². The molecular formula is C62H77N6O26S4+. The Hall–Kier alpha value is -8.91. The zero-order valence-corrected chi connectivity index (χ0v) is 56.7. The molecule has 1 aliphatic carbocycles. The molecule has 98 heavy (non-hydrogen) atoms. The molecule has 6 rings (SSSR count). The Labute approximate surface area is 564 Å². The van der Waals surface area contributed by atoms with E-state index in [0.29, 0.717) is 75.6 Å². The summed E-state index contributed by atoms with van der Waals surface area (Å²) in [5.41, 5.74) is 2.92. The Morgan fingerprint density at radius 3 is 1.68 bits per heavy atom. The van der Waals surface area contributed by atoms with Gasteiger partial charge in [-0.25, -0.2) is 24.0 Å². The number of carbonyl (C=O) groups excluding carboxylic acids is 3. The number of urea groups is 1. The van der Waals surface area contributed by atoms with E-state index in [9.17, 15) is 111 Å². The van der Waals surface area contributed by atoms with Crippen molar-refractivity contribution >= 4 is 105 Å². The molecular weight excluding hydrogens is 1370 g/mol. The number of benzene rings is 3. The standard InChI is InChI=1S/C62H76N6O26S4/c1-61(2)42-33-40(97(88,89)90)18-22-48(42)67(28-5-7-30-95(82,83)84)50(61)24-14-37-10-9-11-38(15-25-51-62(3,4)43-34-41(98(91,92)93)19-23-49(43)68(51)29-6-8-31-96(85,86)87)55(37)94-39-16-12-36(13-17-39)32-46(58(77)78)64-53(70)35-47(59(79)80)63-52(69)26-20-44(56(73)74)65-60(81)66-45(57(75)76)21-27-54(71)72/h12-19,22-25,33-34,44-47H,5-11,20-21,26-32,35H2,1-4H3,(H12-,63,64,65,66,69,70,71,72,73,74,75,76,77,78,79,80,81,82,83,84,85,86,87,88,89,90,91,92,93)/p+1/t44-,45-,46-,47-/m0/s1. The Morgan fingerprint density at radius 1 is 0.592 bits per heavy atom. The number of allylic oxidation sites excluding steroid dienone is 7. The summed E-state index contributed by atoms with van der Waals surface area (Å²) in [4.78, 5) is 98.9. The van der Waals surface area contributed by atoms with E-state index in [1.54, 1.807) is 24.3 Å². The van der Waals surface area contributed by atoms with Crippen molar-refractivity contribution in [2.45, 2.75) is 156 Å². The average molecular weight is 1450 g/mol. The fourth-order valence-electron chi connectivity index (χ4n) is 11.5. The van der Waals surface area contributed by atoms with E-state index >= 15 is 0 Å². The van der Waals surface area contributed by atoms with Crippen LogP contribution in [0.5, 0.6) is 5.75 Å². The fourth-order valence-corrected chi connectivity index (χ4v) is 13.7. The van der Waals surface area contributed by atoms with Gasteiger partial charge < -0.3 is 56.4 Å². The third kappa shape index (κ3) is 21.5. The van der Waals surface area contributed by atoms with E-state index in [1.807, 2.05) is 53.1 Å². The summed E-state index contributed by atoms with van der Waals surface area (Å²) in [7, 11) is -18.0. The molecule has 4 amide bonds. The van der Waals surface area contributed by atoms with Crippen LogP contribution in [0.2, 0.25) is 0 Å². The van der Waals surface area contributed by atoms with Gasteiger partial charge in [-0.2, -0.15) is 38.2 Å². The zero-order valence-electron chi connectivity index (χ0n) is 53.4. The van der Waals surface area contributed by atoms with Crippen LogP contribution in [0.1, 0.15) is 121 Å². The lowest BCUT2D eigenvalue weighted by Gasteiger charge is -2.27. The maximum Gasteiger partial charge on any atom is 0.326 e. The van der Waals surface area contributed by atoms with Crippen LogP contribution in [-0.2, 0) is 91.3 Å². The van der Waals surface area contributed by atoms with E-state index in [0.717, 1.165) is 0 Å². The number of nitrogens with zero attached hydrogens (tertiary/aromatic N) is 2. The lowest BCUT2D eigenvalue weighted by molar-refractivity contribution is -0.438. The summed E-state index contributed by atoms with van der Waals surface area (Å²) in [6, 6.07) is 5.56. The van der Waals surface area contributed by atoms with Crippen LogP contribution in [-0.4, -0.2) is 184 Å². The van der Waals surface area contributed by atoms with Gasteiger partial charge in [-0.3, -0.25) is 32.6 Å². The first-order valence-electron chi connectivity index (χ1n) is 30.4. The van der Waals surface area contributed by atoms with Crippen molar-refractivity contribution in [1.82, 2.24) is 21.3 Å². The van der Waals surface area contributed by atoms with E-state index in [4.69, 9.17) is 9.84 Å². The van der Waals surface area contributed by atoms with Crippen LogP contribution < -0.4 is 30.9 Å². The van der Waals surface area contributed by atoms with E-state index in [2.05, 4.69) is 5.32 Å². The highest BCUT2D eigenvalue weighted by atomic mass is 32.2. The summed E-state index contributed by atoms with van der Waals surface area (Å²) >= 11 is 0. The van der Waals surface area contributed by atoms with Gasteiger partial charge in [-0.05, 0) is 142 Å². The lowest BCUT2D eigenvalue weighted by Crippen LogP contribution is -2.51. The van der Waals surface area contributed by atoms with Crippen molar-refractivity contribution in [3.05, 3.63) is 124 Å². The number of aliphatic carboxylic acids is 5. The number of carboxylic acid groups (broad SMARTS) is 5. The predicted octanol–water partition coefficient (Wildman–Crippen LogP) is 4.50. The maximum absolute atomic E-state index is 13.3. The molecule has 2 heterocycles. The van der Waals surface area contributed by atoms with Crippen molar-refractivity contribution < 1.29 is 125 Å². The molecule has 0 saturated heterocycles. The van der Waals surface area contributed by atoms with Gasteiger partial charge in [0.1, 0.15) is 42.2 Å². The first kappa shape index (κ1) is 78.1. The Kier molecular flexibility index (Phi) is 25.6. The highest BCUT2D eigenvalue weighted by molar-refractivity contribution is 7.86. The molecule has 0 spiro atoms. The van der Waals surface area contributed by atoms with E-state index < -0.39 is 173 Å². The normalized spacial score (nSPS) is 17.4. The second-order valence-corrected chi connectivity index (χ2v) is 30.4. The molecule has 13 N–H and O–H groups in total. The number of unbranched alkanes of at least 4 members (excludes halogenated alkanes) is 2. The number of nitrogens with one attached hydrogen (secondary N) is 4. The fraction of sp³-hybridized carbons (Fsp3) is 0.435. The number of rotatable bonds is 35. The summed E-state index contributed by atoms with van der Waals surface area (Å²) in [5, 5.41) is 56.1. The molecule has 4 atom stereocenters. The second-order valence-electron chi connectivity index (χ2n) is 24.5. The molecule has 0 aromatic heterocycles. The van der Waals surface area contributed by atoms with E-state index in [1.165, 1.54) is 60.7 Å². The number of carboxylic acids is 5. The van der Waals surface area contributed by atoms with Gasteiger partial charge >= 0.3 is 35.9 Å². The molecule has 2 aliphatic heterocycles. The molecule has 0 radical (unpaired) electrons. The maximum atomic E-state index is 13.3. The number of anilines is 1. The summed E-state index contributed by atoms with van der Waals surface area (Å²) in [6.07, 6.45) is 5.02. The minimum absolute atomic E-state index is 0.0558. The van der Waals surface area contributed by atoms with Crippen molar-refractivity contribution in [1.29, 1.82) is 0 Å². The molecule has 534 valence electrons. The largest absolute Gasteiger partial charge is 0.481 e. The third-order valence-corrected chi connectivity index (χ3v) is 19.8. The second kappa shape index (κ2) is 32.2. The molecule has 0 unspecified atom stereocenters. The minimum Gasteiger partial charge on any atom is -0.481 e. The van der Waals surface area contributed by atoms with Gasteiger partial charge in [-0.1, -0.05) is 32.1 Å². The molecule has 0 fully saturated rings. The van der Waals surface area contributed by atoms with Gasteiger partial charge in [0.15, 0.2) is 5.71 Å². The molecule has 0 bridgehead atoms. The quantitative estimate of drug-likeness (QED) is 0.0219. The number of hydrogen-bond donors (Lipinski definition) is 13. The van der Waals surface area contributed by atoms with Crippen LogP contribution in [0.3, 0.4) is 0 Å². The van der Waals surface area contributed by atoms with Gasteiger partial charge in [-0.15, -0.1) is 0 Å². The van der Waals surface area contributed by atoms with Crippen molar-refractivity contribution in [3.63, 3.8) is 0 Å². The number of ether oxygens (including phenoxy) is 1. The molecule has 3 aliphatic rings. The van der Waals surface area contributed by atoms with Gasteiger partial charge in [0.25, 0.3) is 40.5 Å². The Morgan fingerprint density at radius 2 is 1.13 bits per heavy atom. The molecule has 36 heteroatoms. The van der Waals surface area contributed by atoms with Gasteiger partial charge in [0.05, 0.1) is 33.1 Å². The van der Waals surface area contributed by atoms with Crippen molar-refractivity contribution in [2.75, 3.05) is 29.5 Å². The monoisotopic (exact) mass is 1450 g/mol.